The van der Waals surface area contributed by atoms with E-state index in [0.29, 0.717) is 12.1 Å². The fourth-order valence-electron chi connectivity index (χ4n) is 3.70. The van der Waals surface area contributed by atoms with Crippen LogP contribution < -0.4 is 10.8 Å². The number of hydrogen-bond donors (Lipinski definition) is 3. The van der Waals surface area contributed by atoms with Gasteiger partial charge in [0.25, 0.3) is 0 Å². The Bertz CT molecular complexity index is 1170. The summed E-state index contributed by atoms with van der Waals surface area (Å²) in [7, 11) is 5.84. The van der Waals surface area contributed by atoms with Gasteiger partial charge in [-0.05, 0) is 55.0 Å². The average Bonchev–Trinajstić information content (AvgIpc) is 3.20. The van der Waals surface area contributed by atoms with Crippen molar-refractivity contribution in [3.05, 3.63) is 71.3 Å². The maximum absolute atomic E-state index is 14.1. The summed E-state index contributed by atoms with van der Waals surface area (Å²) in [6.45, 7) is 8.85. The van der Waals surface area contributed by atoms with Gasteiger partial charge in [0.1, 0.15) is 13.7 Å². The normalized spacial score (nSPS) is 11.4. The smallest absolute Gasteiger partial charge is 0.147 e. The van der Waals surface area contributed by atoms with Crippen molar-refractivity contribution in [2.45, 2.75) is 20.3 Å². The third-order valence-electron chi connectivity index (χ3n) is 5.11. The molecule has 0 unspecified atom stereocenters. The summed E-state index contributed by atoms with van der Waals surface area (Å²) in [5.41, 5.74) is 7.36. The molecular formula is C22H21BFN3. The van der Waals surface area contributed by atoms with Crippen molar-refractivity contribution in [2.24, 2.45) is 0 Å². The van der Waals surface area contributed by atoms with Gasteiger partial charge in [-0.1, -0.05) is 30.2 Å². The third kappa shape index (κ3) is 3.14. The van der Waals surface area contributed by atoms with Crippen LogP contribution in [0, 0.1) is 19.7 Å². The monoisotopic (exact) mass is 357 g/mol. The fraction of sp³-hybridized carbons (Fsp3) is 0.182. The molecule has 5 heteroatoms. The molecule has 0 aliphatic carbocycles. The van der Waals surface area contributed by atoms with E-state index in [-0.39, 0.29) is 5.82 Å². The first-order valence-corrected chi connectivity index (χ1v) is 9.01. The maximum Gasteiger partial charge on any atom is 0.147 e. The maximum atomic E-state index is 14.1. The quantitative estimate of drug-likeness (QED) is 0.465. The SMILES string of the molecule is [B]c1ccc2[nH]c(C(=C)NCCc3c(C)[nH]c4c(F)ccc(C)c34)cc2c1. The van der Waals surface area contributed by atoms with Crippen LogP contribution >= 0.6 is 0 Å². The lowest BCUT2D eigenvalue weighted by molar-refractivity contribution is 0.637. The molecule has 2 aromatic heterocycles. The summed E-state index contributed by atoms with van der Waals surface area (Å²) in [6, 6.07) is 11.2. The van der Waals surface area contributed by atoms with E-state index < -0.39 is 0 Å². The van der Waals surface area contributed by atoms with Crippen molar-refractivity contribution in [1.29, 1.82) is 0 Å². The summed E-state index contributed by atoms with van der Waals surface area (Å²) >= 11 is 0. The van der Waals surface area contributed by atoms with Gasteiger partial charge in [0.15, 0.2) is 0 Å². The Morgan fingerprint density at radius 2 is 1.96 bits per heavy atom. The minimum Gasteiger partial charge on any atom is -0.384 e. The Morgan fingerprint density at radius 1 is 1.15 bits per heavy atom. The van der Waals surface area contributed by atoms with Gasteiger partial charge in [-0.2, -0.15) is 0 Å². The first kappa shape index (κ1) is 17.5. The van der Waals surface area contributed by atoms with E-state index in [9.17, 15) is 4.39 Å². The lowest BCUT2D eigenvalue weighted by Crippen LogP contribution is -2.15. The molecule has 0 saturated heterocycles. The van der Waals surface area contributed by atoms with Gasteiger partial charge in [0.2, 0.25) is 0 Å². The molecule has 0 amide bonds. The topological polar surface area (TPSA) is 43.6 Å². The van der Waals surface area contributed by atoms with Gasteiger partial charge in [-0.15, -0.1) is 0 Å². The largest absolute Gasteiger partial charge is 0.384 e. The van der Waals surface area contributed by atoms with Crippen LogP contribution in [0.5, 0.6) is 0 Å². The summed E-state index contributed by atoms with van der Waals surface area (Å²) in [4.78, 5) is 6.54. The summed E-state index contributed by atoms with van der Waals surface area (Å²) in [6.07, 6.45) is 0.780. The zero-order chi connectivity index (χ0) is 19.1. The fourth-order valence-corrected chi connectivity index (χ4v) is 3.70. The molecule has 134 valence electrons. The standard InChI is InChI=1S/C22H21BFN3/c1-12-4-6-18(24)22-21(12)17(13(2)26-22)8-9-25-14(3)20-11-15-10-16(23)5-7-19(15)27-20/h4-7,10-11,25-27H,3,8-9H2,1-2H3. The number of aryl methyl sites for hydroxylation is 2. The van der Waals surface area contributed by atoms with E-state index >= 15 is 0 Å². The van der Waals surface area contributed by atoms with Crippen LogP contribution in [0.1, 0.15) is 22.5 Å². The number of fused-ring (bicyclic) bond motifs is 2. The van der Waals surface area contributed by atoms with Gasteiger partial charge in [-0.25, -0.2) is 4.39 Å². The number of halogens is 1. The van der Waals surface area contributed by atoms with Crippen molar-refractivity contribution >= 4 is 40.8 Å². The minimum absolute atomic E-state index is 0.209. The number of nitrogens with one attached hydrogen (secondary N) is 3. The van der Waals surface area contributed by atoms with E-state index in [1.54, 1.807) is 0 Å². The zero-order valence-corrected chi connectivity index (χ0v) is 15.5. The predicted molar refractivity (Wildman–Crippen MR) is 112 cm³/mol. The van der Waals surface area contributed by atoms with E-state index in [4.69, 9.17) is 7.85 Å². The highest BCUT2D eigenvalue weighted by molar-refractivity contribution is 6.33. The van der Waals surface area contributed by atoms with Crippen LogP contribution in [0.25, 0.3) is 27.5 Å². The number of rotatable bonds is 5. The Kier molecular flexibility index (Phi) is 4.30. The molecule has 27 heavy (non-hydrogen) atoms. The van der Waals surface area contributed by atoms with E-state index in [2.05, 4.69) is 21.9 Å². The lowest BCUT2D eigenvalue weighted by Gasteiger charge is -2.09. The highest BCUT2D eigenvalue weighted by atomic mass is 19.1. The number of benzene rings is 2. The van der Waals surface area contributed by atoms with Crippen LogP contribution in [0.3, 0.4) is 0 Å². The predicted octanol–water partition coefficient (Wildman–Crippen LogP) is 4.00. The Morgan fingerprint density at radius 3 is 2.78 bits per heavy atom. The molecule has 2 radical (unpaired) electrons. The summed E-state index contributed by atoms with van der Waals surface area (Å²) in [5, 5.41) is 5.42. The molecule has 0 atom stereocenters. The molecule has 0 bridgehead atoms. The van der Waals surface area contributed by atoms with Gasteiger partial charge in [0.05, 0.1) is 16.9 Å². The molecular weight excluding hydrogens is 336 g/mol. The highest BCUT2D eigenvalue weighted by Crippen LogP contribution is 2.28. The number of hydrogen-bond acceptors (Lipinski definition) is 1. The van der Waals surface area contributed by atoms with Crippen molar-refractivity contribution in [1.82, 2.24) is 15.3 Å². The third-order valence-corrected chi connectivity index (χ3v) is 5.11. The van der Waals surface area contributed by atoms with Crippen molar-refractivity contribution in [3.63, 3.8) is 0 Å². The molecule has 2 aromatic carbocycles. The first-order valence-electron chi connectivity index (χ1n) is 9.01. The Labute approximate surface area is 159 Å². The van der Waals surface area contributed by atoms with Crippen LogP contribution in [0.4, 0.5) is 4.39 Å². The minimum atomic E-state index is -0.209. The Hall–Kier alpha value is -2.95. The van der Waals surface area contributed by atoms with E-state index in [1.807, 2.05) is 44.2 Å². The number of aromatic amines is 2. The molecule has 0 spiro atoms. The molecule has 0 fully saturated rings. The zero-order valence-electron chi connectivity index (χ0n) is 15.5. The Balaban J connectivity index is 1.51. The van der Waals surface area contributed by atoms with Crippen molar-refractivity contribution in [3.8, 4) is 0 Å². The second-order valence-corrected chi connectivity index (χ2v) is 7.03. The van der Waals surface area contributed by atoms with Crippen LogP contribution in [-0.2, 0) is 6.42 Å². The number of H-pyrrole nitrogens is 2. The van der Waals surface area contributed by atoms with Crippen LogP contribution in [0.2, 0.25) is 0 Å². The van der Waals surface area contributed by atoms with Crippen molar-refractivity contribution in [2.75, 3.05) is 6.54 Å². The van der Waals surface area contributed by atoms with Crippen LogP contribution in [0.15, 0.2) is 43.0 Å². The van der Waals surface area contributed by atoms with Gasteiger partial charge >= 0.3 is 0 Å². The molecule has 0 saturated carbocycles. The average molecular weight is 357 g/mol. The molecule has 2 heterocycles. The van der Waals surface area contributed by atoms with E-state index in [1.165, 1.54) is 6.07 Å². The molecule has 4 aromatic rings. The molecule has 4 rings (SSSR count). The summed E-state index contributed by atoms with van der Waals surface area (Å²) in [5.74, 6) is -0.209. The molecule has 0 aliphatic heterocycles. The van der Waals surface area contributed by atoms with Gasteiger partial charge in [0, 0.05) is 23.1 Å². The summed E-state index contributed by atoms with van der Waals surface area (Å²) < 4.78 is 14.1. The van der Waals surface area contributed by atoms with Crippen molar-refractivity contribution < 1.29 is 4.39 Å². The first-order chi connectivity index (χ1) is 12.9. The van der Waals surface area contributed by atoms with Gasteiger partial charge in [-0.3, -0.25) is 0 Å². The second-order valence-electron chi connectivity index (χ2n) is 7.03. The molecule has 3 nitrogen and oxygen atoms in total. The number of aromatic nitrogens is 2. The molecule has 3 N–H and O–H groups in total. The highest BCUT2D eigenvalue weighted by Gasteiger charge is 2.14. The second kappa shape index (κ2) is 6.65. The van der Waals surface area contributed by atoms with Gasteiger partial charge < -0.3 is 15.3 Å². The van der Waals surface area contributed by atoms with Crippen LogP contribution in [-0.4, -0.2) is 24.4 Å². The lowest BCUT2D eigenvalue weighted by atomic mass is 9.95. The molecule has 0 aliphatic rings. The van der Waals surface area contributed by atoms with E-state index in [0.717, 1.165) is 56.4 Å².